The third kappa shape index (κ3) is 8.07. The number of nitrogen functional groups attached to an aromatic ring is 3. The Hall–Kier alpha value is -7.00. The number of nitrogens with zero attached hydrogens (tertiary/aromatic N) is 5. The minimum atomic E-state index is -5.11. The second-order valence-electron chi connectivity index (χ2n) is 11.8. The van der Waals surface area contributed by atoms with Crippen molar-refractivity contribution in [1.82, 2.24) is 0 Å². The predicted octanol–water partition coefficient (Wildman–Crippen LogP) is 7.09. The van der Waals surface area contributed by atoms with Crippen LogP contribution < -0.4 is 32.1 Å². The smallest absolute Gasteiger partial charge is 0.296 e. The van der Waals surface area contributed by atoms with E-state index in [1.54, 1.807) is 78.9 Å². The lowest BCUT2D eigenvalue weighted by Gasteiger charge is -2.20. The van der Waals surface area contributed by atoms with E-state index in [9.17, 15) is 30.7 Å². The number of hydrazone groups is 1. The van der Waals surface area contributed by atoms with Gasteiger partial charge in [0.05, 0.1) is 36.8 Å². The van der Waals surface area contributed by atoms with E-state index < -0.39 is 58.5 Å². The minimum Gasteiger partial charge on any atom is -0.494 e. The SMILES string of the molecule is COc1cc(-c2ccc(N=Nc3c(S(=O)(=O)O)cc4c(c3N)C(=O)/C(=N/Nc3ccccc3)C(S(=O)(=O)O)=C4)c(OC)c2)ccc1N=Nc1ccc(N)cc1N. The first-order valence-electron chi connectivity index (χ1n) is 16.0. The predicted molar refractivity (Wildman–Crippen MR) is 211 cm³/mol. The molecule has 1 aliphatic carbocycles. The van der Waals surface area contributed by atoms with Crippen LogP contribution in [0.15, 0.2) is 126 Å². The van der Waals surface area contributed by atoms with E-state index in [4.69, 9.17) is 26.7 Å². The Morgan fingerprint density at radius 3 is 1.80 bits per heavy atom. The van der Waals surface area contributed by atoms with Crippen molar-refractivity contribution in [3.05, 3.63) is 107 Å². The van der Waals surface area contributed by atoms with Crippen LogP contribution in [0, 0.1) is 0 Å². The lowest BCUT2D eigenvalue weighted by molar-refractivity contribution is 0.106. The molecule has 0 aromatic heterocycles. The van der Waals surface area contributed by atoms with Crippen LogP contribution in [0.25, 0.3) is 17.2 Å². The van der Waals surface area contributed by atoms with Gasteiger partial charge in [-0.2, -0.15) is 21.9 Å². The van der Waals surface area contributed by atoms with Gasteiger partial charge in [0.15, 0.2) is 5.71 Å². The van der Waals surface area contributed by atoms with Crippen molar-refractivity contribution in [2.45, 2.75) is 4.90 Å². The normalized spacial score (nSPS) is 13.9. The van der Waals surface area contributed by atoms with Gasteiger partial charge >= 0.3 is 0 Å². The van der Waals surface area contributed by atoms with Crippen LogP contribution >= 0.6 is 0 Å². The van der Waals surface area contributed by atoms with Crippen molar-refractivity contribution in [3.63, 3.8) is 0 Å². The maximum absolute atomic E-state index is 13.8. The summed E-state index contributed by atoms with van der Waals surface area (Å²) in [7, 11) is -7.37. The van der Waals surface area contributed by atoms with Crippen LogP contribution in [0.5, 0.6) is 11.5 Å². The van der Waals surface area contributed by atoms with Crippen molar-refractivity contribution in [1.29, 1.82) is 0 Å². The summed E-state index contributed by atoms with van der Waals surface area (Å²) in [6.45, 7) is 0. The second-order valence-corrected chi connectivity index (χ2v) is 14.6. The number of methoxy groups -OCH3 is 2. The number of para-hydroxylation sites is 1. The van der Waals surface area contributed by atoms with Gasteiger partial charge in [-0.15, -0.1) is 20.5 Å². The number of hydrogen-bond acceptors (Lipinski definition) is 16. The fourth-order valence-corrected chi connectivity index (χ4v) is 6.82. The Bertz CT molecular complexity index is 2750. The first kappa shape index (κ1) is 38.7. The zero-order valence-electron chi connectivity index (χ0n) is 29.3. The Morgan fingerprint density at radius 1 is 0.679 bits per heavy atom. The number of azo groups is 2. The molecular formula is C36H31N9O9S2. The molecule has 0 aliphatic heterocycles. The summed E-state index contributed by atoms with van der Waals surface area (Å²) < 4.78 is 81.0. The average Bonchev–Trinajstić information content (AvgIpc) is 3.16. The maximum atomic E-state index is 13.8. The number of rotatable bonds is 11. The van der Waals surface area contributed by atoms with Gasteiger partial charge in [0, 0.05) is 5.69 Å². The number of carbonyl (C=O) groups excluding carboxylic acids is 1. The van der Waals surface area contributed by atoms with Crippen molar-refractivity contribution < 1.29 is 40.2 Å². The van der Waals surface area contributed by atoms with Crippen LogP contribution in [0.4, 0.5) is 45.5 Å². The third-order valence-corrected chi connectivity index (χ3v) is 9.92. The van der Waals surface area contributed by atoms with Crippen LogP contribution in [0.2, 0.25) is 0 Å². The minimum absolute atomic E-state index is 0.0855. The molecule has 0 bridgehead atoms. The number of carbonyl (C=O) groups is 1. The van der Waals surface area contributed by atoms with Crippen molar-refractivity contribution in [2.24, 2.45) is 25.6 Å². The molecule has 0 saturated heterocycles. The highest BCUT2D eigenvalue weighted by molar-refractivity contribution is 7.91. The van der Waals surface area contributed by atoms with E-state index >= 15 is 0 Å². The molecule has 1 aliphatic rings. The first-order chi connectivity index (χ1) is 26.6. The number of allylic oxidation sites excluding steroid dienone is 1. The molecule has 0 saturated carbocycles. The number of nitrogens with two attached hydrogens (primary N) is 3. The van der Waals surface area contributed by atoms with E-state index in [2.05, 4.69) is 31.0 Å². The summed E-state index contributed by atoms with van der Waals surface area (Å²) in [5, 5.41) is 20.5. The van der Waals surface area contributed by atoms with Crippen molar-refractivity contribution in [2.75, 3.05) is 36.8 Å². The summed E-state index contributed by atoms with van der Waals surface area (Å²) in [5.41, 5.74) is 21.3. The second kappa shape index (κ2) is 15.4. The monoisotopic (exact) mass is 797 g/mol. The molecule has 0 atom stereocenters. The highest BCUT2D eigenvalue weighted by Crippen LogP contribution is 2.43. The lowest BCUT2D eigenvalue weighted by atomic mass is 9.92. The van der Waals surface area contributed by atoms with Gasteiger partial charge in [-0.05, 0) is 83.4 Å². The fourth-order valence-electron chi connectivity index (χ4n) is 5.49. The van der Waals surface area contributed by atoms with Gasteiger partial charge in [0.2, 0.25) is 5.78 Å². The molecule has 18 nitrogen and oxygen atoms in total. The van der Waals surface area contributed by atoms with Crippen molar-refractivity contribution >= 4 is 83.3 Å². The van der Waals surface area contributed by atoms with Gasteiger partial charge < -0.3 is 26.7 Å². The standard InChI is InChI=1S/C36H31N9O9S2/c1-53-28-14-19(8-11-26(28)42-41-25-13-10-22(37)18-24(25)38)20-9-12-27(29(15-20)54-2)43-44-34-30(55(47,48)49)16-21-17-31(56(50,51)52)35(36(46)32(21)33(34)39)45-40-23-6-4-3-5-7-23/h3-18,40H,37-39H2,1-2H3,(H,47,48,49)(H,50,51,52)/b42-41?,44-43?,45-35+. The van der Waals surface area contributed by atoms with Crippen molar-refractivity contribution in [3.8, 4) is 22.6 Å². The number of nitrogens with one attached hydrogen (secondary N) is 1. The van der Waals surface area contributed by atoms with Crippen LogP contribution in [0.3, 0.4) is 0 Å². The number of benzene rings is 5. The van der Waals surface area contributed by atoms with Gasteiger partial charge in [-0.1, -0.05) is 30.3 Å². The Morgan fingerprint density at radius 2 is 1.25 bits per heavy atom. The van der Waals surface area contributed by atoms with Crippen LogP contribution in [0.1, 0.15) is 15.9 Å². The topological polar surface area (TPSA) is 296 Å². The zero-order valence-corrected chi connectivity index (χ0v) is 30.9. The third-order valence-electron chi connectivity index (χ3n) is 8.19. The largest absolute Gasteiger partial charge is 0.494 e. The molecule has 286 valence electrons. The molecule has 0 amide bonds. The number of Topliss-reactive ketones (excluding diaryl/α,β-unsaturated/α-hetero) is 1. The zero-order chi connectivity index (χ0) is 40.4. The number of anilines is 4. The molecule has 6 rings (SSSR count). The maximum Gasteiger partial charge on any atom is 0.296 e. The molecule has 5 aromatic carbocycles. The number of ketones is 1. The molecule has 0 fully saturated rings. The molecule has 0 radical (unpaired) electrons. The quantitative estimate of drug-likeness (QED) is 0.0337. The lowest BCUT2D eigenvalue weighted by Crippen LogP contribution is -2.28. The first-order valence-corrected chi connectivity index (χ1v) is 18.9. The molecule has 0 spiro atoms. The Balaban J connectivity index is 1.37. The summed E-state index contributed by atoms with van der Waals surface area (Å²) in [4.78, 5) is 11.9. The molecule has 56 heavy (non-hydrogen) atoms. The van der Waals surface area contributed by atoms with Gasteiger partial charge in [-0.3, -0.25) is 19.3 Å². The molecule has 5 aromatic rings. The number of hydrogen-bond donors (Lipinski definition) is 6. The summed E-state index contributed by atoms with van der Waals surface area (Å²) in [6.07, 6.45) is 0.797. The van der Waals surface area contributed by atoms with Gasteiger partial charge in [-0.25, -0.2) is 0 Å². The fraction of sp³-hybridized carbons (Fsp3) is 0.0556. The number of fused-ring (bicyclic) bond motifs is 1. The van der Waals surface area contributed by atoms with E-state index in [1.165, 1.54) is 20.3 Å². The number of ether oxygens (including phenoxy) is 2. The molecule has 0 unspecified atom stereocenters. The van der Waals surface area contributed by atoms with Gasteiger partial charge in [0.1, 0.15) is 44.0 Å². The summed E-state index contributed by atoms with van der Waals surface area (Å²) in [5.74, 6) is -0.537. The molecule has 9 N–H and O–H groups in total. The average molecular weight is 798 g/mol. The van der Waals surface area contributed by atoms with Crippen LogP contribution in [-0.4, -0.2) is 51.7 Å². The van der Waals surface area contributed by atoms with E-state index in [0.717, 1.165) is 12.1 Å². The summed E-state index contributed by atoms with van der Waals surface area (Å²) >= 11 is 0. The van der Waals surface area contributed by atoms with E-state index in [1.807, 2.05) is 0 Å². The molecule has 0 heterocycles. The molecular weight excluding hydrogens is 767 g/mol. The highest BCUT2D eigenvalue weighted by atomic mass is 32.2. The van der Waals surface area contributed by atoms with E-state index in [0.29, 0.717) is 45.3 Å². The Labute approximate surface area is 319 Å². The van der Waals surface area contributed by atoms with Gasteiger partial charge in [0.25, 0.3) is 20.2 Å². The Kier molecular flexibility index (Phi) is 10.6. The molecule has 20 heteroatoms. The van der Waals surface area contributed by atoms with E-state index in [-0.39, 0.29) is 17.0 Å². The van der Waals surface area contributed by atoms with Crippen LogP contribution in [-0.2, 0) is 20.2 Å². The summed E-state index contributed by atoms with van der Waals surface area (Å²) in [6, 6.07) is 23.8. The highest BCUT2D eigenvalue weighted by Gasteiger charge is 2.37.